The first-order valence-corrected chi connectivity index (χ1v) is 9.43. The molecular weight excluding hydrogens is 300 g/mol. The van der Waals surface area contributed by atoms with Crippen molar-refractivity contribution in [2.24, 2.45) is 11.8 Å². The van der Waals surface area contributed by atoms with Crippen LogP contribution < -0.4 is 5.32 Å². The van der Waals surface area contributed by atoms with Crippen LogP contribution in [0.15, 0.2) is 24.3 Å². The summed E-state index contributed by atoms with van der Waals surface area (Å²) < 4.78 is 0. The Balaban J connectivity index is 1.62. The molecule has 0 aliphatic heterocycles. The molecule has 1 aromatic rings. The second kappa shape index (κ2) is 7.91. The molecule has 0 spiro atoms. The fourth-order valence-corrected chi connectivity index (χ4v) is 4.48. The highest BCUT2D eigenvalue weighted by Gasteiger charge is 2.34. The molecule has 0 unspecified atom stereocenters. The number of carbonyl (C=O) groups excluding carboxylic acids is 1. The molecule has 0 aromatic heterocycles. The van der Waals surface area contributed by atoms with E-state index in [9.17, 15) is 9.90 Å². The van der Waals surface area contributed by atoms with Crippen molar-refractivity contribution in [1.82, 2.24) is 10.2 Å². The average molecular weight is 330 g/mol. The molecule has 2 aliphatic carbocycles. The lowest BCUT2D eigenvalue weighted by atomic mass is 9.86. The lowest BCUT2D eigenvalue weighted by molar-refractivity contribution is 0.184. The number of hydrogen-bond acceptors (Lipinski definition) is 2. The zero-order valence-electron chi connectivity index (χ0n) is 14.7. The number of phenolic OH excluding ortho intramolecular Hbond substituents is 1. The van der Waals surface area contributed by atoms with Crippen LogP contribution in [0.5, 0.6) is 5.75 Å². The number of hydrogen-bond donors (Lipinski definition) is 2. The largest absolute Gasteiger partial charge is 0.508 e. The van der Waals surface area contributed by atoms with Gasteiger partial charge in [-0.3, -0.25) is 0 Å². The molecule has 2 aliphatic rings. The van der Waals surface area contributed by atoms with Crippen molar-refractivity contribution in [3.05, 3.63) is 29.8 Å². The van der Waals surface area contributed by atoms with Crippen molar-refractivity contribution in [3.8, 4) is 5.75 Å². The molecule has 4 nitrogen and oxygen atoms in total. The summed E-state index contributed by atoms with van der Waals surface area (Å²) in [4.78, 5) is 14.4. The smallest absolute Gasteiger partial charge is 0.317 e. The van der Waals surface area contributed by atoms with Gasteiger partial charge < -0.3 is 15.3 Å². The van der Waals surface area contributed by atoms with E-state index in [-0.39, 0.29) is 11.8 Å². The van der Waals surface area contributed by atoms with Crippen LogP contribution in [0.2, 0.25) is 0 Å². The molecule has 4 heteroatoms. The number of nitrogens with zero attached hydrogens (tertiary/aromatic N) is 1. The van der Waals surface area contributed by atoms with Crippen LogP contribution in [0.25, 0.3) is 0 Å². The molecule has 2 amide bonds. The number of carbonyl (C=O) groups is 1. The quantitative estimate of drug-likeness (QED) is 0.846. The van der Waals surface area contributed by atoms with Gasteiger partial charge >= 0.3 is 6.03 Å². The molecule has 24 heavy (non-hydrogen) atoms. The Morgan fingerprint density at radius 2 is 1.67 bits per heavy atom. The number of phenols is 1. The SMILES string of the molecule is CN(Cc1ccccc1O)C(=O)NC(C1CCCC1)C1CCCC1. The van der Waals surface area contributed by atoms with Gasteiger partial charge in [-0.15, -0.1) is 0 Å². The lowest BCUT2D eigenvalue weighted by Crippen LogP contribution is -2.48. The molecule has 0 radical (unpaired) electrons. The maximum absolute atomic E-state index is 12.7. The van der Waals surface area contributed by atoms with E-state index >= 15 is 0 Å². The van der Waals surface area contributed by atoms with Crippen LogP contribution in [-0.4, -0.2) is 29.1 Å². The molecule has 0 atom stereocenters. The molecule has 132 valence electrons. The van der Waals surface area contributed by atoms with Crippen molar-refractivity contribution < 1.29 is 9.90 Å². The van der Waals surface area contributed by atoms with Gasteiger partial charge in [0.25, 0.3) is 0 Å². The monoisotopic (exact) mass is 330 g/mol. The van der Waals surface area contributed by atoms with Gasteiger partial charge in [-0.25, -0.2) is 4.79 Å². The van der Waals surface area contributed by atoms with E-state index in [1.54, 1.807) is 17.0 Å². The second-order valence-corrected chi connectivity index (χ2v) is 7.55. The van der Waals surface area contributed by atoms with E-state index in [2.05, 4.69) is 5.32 Å². The zero-order chi connectivity index (χ0) is 16.9. The van der Waals surface area contributed by atoms with Crippen LogP contribution in [-0.2, 0) is 6.54 Å². The maximum atomic E-state index is 12.7. The van der Waals surface area contributed by atoms with E-state index < -0.39 is 0 Å². The molecule has 2 fully saturated rings. The standard InChI is InChI=1S/C20H30N2O2/c1-22(14-17-12-6-7-13-18(17)23)20(24)21-19(15-8-2-3-9-15)16-10-4-5-11-16/h6-7,12-13,15-16,19,23H,2-5,8-11,14H2,1H3,(H,21,24). The Morgan fingerprint density at radius 3 is 2.21 bits per heavy atom. The Bertz CT molecular complexity index is 532. The fraction of sp³-hybridized carbons (Fsp3) is 0.650. The van der Waals surface area contributed by atoms with Gasteiger partial charge in [0.05, 0.1) is 6.54 Å². The first kappa shape index (κ1) is 17.1. The Morgan fingerprint density at radius 1 is 1.12 bits per heavy atom. The summed E-state index contributed by atoms with van der Waals surface area (Å²) in [6.45, 7) is 0.431. The Kier molecular flexibility index (Phi) is 5.64. The van der Waals surface area contributed by atoms with Crippen molar-refractivity contribution in [1.29, 1.82) is 0 Å². The number of aromatic hydroxyl groups is 1. The summed E-state index contributed by atoms with van der Waals surface area (Å²) in [7, 11) is 1.81. The van der Waals surface area contributed by atoms with Gasteiger partial charge in [0, 0.05) is 18.7 Å². The van der Waals surface area contributed by atoms with E-state index in [4.69, 9.17) is 0 Å². The molecule has 2 N–H and O–H groups in total. The minimum absolute atomic E-state index is 0.0120. The van der Waals surface area contributed by atoms with Crippen LogP contribution in [0.3, 0.4) is 0 Å². The van der Waals surface area contributed by atoms with Crippen LogP contribution in [0, 0.1) is 11.8 Å². The van der Waals surface area contributed by atoms with Crippen molar-refractivity contribution in [3.63, 3.8) is 0 Å². The highest BCUT2D eigenvalue weighted by atomic mass is 16.3. The minimum Gasteiger partial charge on any atom is -0.508 e. The maximum Gasteiger partial charge on any atom is 0.317 e. The summed E-state index contributed by atoms with van der Waals surface area (Å²) in [5.41, 5.74) is 0.786. The molecule has 2 saturated carbocycles. The normalized spacial score (nSPS) is 19.1. The average Bonchev–Trinajstić information content (AvgIpc) is 3.28. The summed E-state index contributed by atoms with van der Waals surface area (Å²) in [6, 6.07) is 7.54. The highest BCUT2D eigenvalue weighted by molar-refractivity contribution is 5.74. The van der Waals surface area contributed by atoms with Crippen LogP contribution in [0.4, 0.5) is 4.79 Å². The molecule has 1 aromatic carbocycles. The number of nitrogens with one attached hydrogen (secondary N) is 1. The fourth-order valence-electron chi connectivity index (χ4n) is 4.48. The molecule has 3 rings (SSSR count). The lowest BCUT2D eigenvalue weighted by Gasteiger charge is -2.32. The second-order valence-electron chi connectivity index (χ2n) is 7.55. The Labute approximate surface area is 145 Å². The van der Waals surface area contributed by atoms with Crippen LogP contribution in [0.1, 0.15) is 56.9 Å². The topological polar surface area (TPSA) is 52.6 Å². The van der Waals surface area contributed by atoms with E-state index in [1.807, 2.05) is 19.2 Å². The van der Waals surface area contributed by atoms with E-state index in [0.717, 1.165) is 5.56 Å². The van der Waals surface area contributed by atoms with Crippen molar-refractivity contribution >= 4 is 6.03 Å². The number of rotatable bonds is 5. The van der Waals surface area contributed by atoms with Gasteiger partial charge in [0.15, 0.2) is 0 Å². The summed E-state index contributed by atoms with van der Waals surface area (Å²) in [6.07, 6.45) is 10.2. The third-order valence-corrected chi connectivity index (χ3v) is 5.85. The number of amides is 2. The highest BCUT2D eigenvalue weighted by Crippen LogP contribution is 2.37. The van der Waals surface area contributed by atoms with Crippen molar-refractivity contribution in [2.75, 3.05) is 7.05 Å². The van der Waals surface area contributed by atoms with Gasteiger partial charge in [-0.2, -0.15) is 0 Å². The number of urea groups is 1. The molecule has 0 heterocycles. The van der Waals surface area contributed by atoms with E-state index in [0.29, 0.717) is 24.4 Å². The third kappa shape index (κ3) is 4.03. The van der Waals surface area contributed by atoms with Crippen molar-refractivity contribution in [2.45, 2.75) is 64.0 Å². The number of benzene rings is 1. The molecule has 0 bridgehead atoms. The predicted molar refractivity (Wildman–Crippen MR) is 95.8 cm³/mol. The van der Waals surface area contributed by atoms with E-state index in [1.165, 1.54) is 51.4 Å². The first-order valence-electron chi connectivity index (χ1n) is 9.43. The Hall–Kier alpha value is -1.71. The van der Waals surface area contributed by atoms with Crippen LogP contribution >= 0.6 is 0 Å². The van der Waals surface area contributed by atoms with Gasteiger partial charge in [-0.05, 0) is 43.6 Å². The summed E-state index contributed by atoms with van der Waals surface area (Å²) in [5.74, 6) is 1.55. The summed E-state index contributed by atoms with van der Waals surface area (Å²) in [5, 5.41) is 13.3. The first-order chi connectivity index (χ1) is 11.6. The third-order valence-electron chi connectivity index (χ3n) is 5.85. The minimum atomic E-state index is -0.0120. The van der Waals surface area contributed by atoms with Gasteiger partial charge in [-0.1, -0.05) is 43.9 Å². The predicted octanol–water partition coefficient (Wildman–Crippen LogP) is 4.28. The number of para-hydroxylation sites is 1. The molecule has 0 saturated heterocycles. The zero-order valence-corrected chi connectivity index (χ0v) is 14.7. The summed E-state index contributed by atoms with van der Waals surface area (Å²) >= 11 is 0. The molecular formula is C20H30N2O2. The van der Waals surface area contributed by atoms with Gasteiger partial charge in [0.1, 0.15) is 5.75 Å². The van der Waals surface area contributed by atoms with Gasteiger partial charge in [0.2, 0.25) is 0 Å².